The molecule has 4 rings (SSSR count). The van der Waals surface area contributed by atoms with E-state index in [0.717, 1.165) is 0 Å². The van der Waals surface area contributed by atoms with Crippen molar-refractivity contribution in [2.45, 2.75) is 238 Å². The molecule has 20 atom stereocenters. The predicted molar refractivity (Wildman–Crippen MR) is 249 cm³/mol. The molecule has 0 amide bonds. The Balaban J connectivity index is 1.58. The monoisotopic (exact) mass is 1000 g/mol. The van der Waals surface area contributed by atoms with E-state index < -0.39 is 133 Å². The highest BCUT2D eigenvalue weighted by molar-refractivity contribution is 5.26. The maximum Gasteiger partial charge on any atom is 0.124 e. The smallest absolute Gasteiger partial charge is 0.124 e. The first-order valence-electron chi connectivity index (χ1n) is 23.8. The molecule has 4 saturated heterocycles. The number of methoxy groups -OCH3 is 2. The minimum absolute atomic E-state index is 0.154. The van der Waals surface area contributed by atoms with E-state index in [1.54, 1.807) is 27.7 Å². The fourth-order valence-corrected chi connectivity index (χ4v) is 11.6. The summed E-state index contributed by atoms with van der Waals surface area (Å²) >= 11 is 0. The van der Waals surface area contributed by atoms with Crippen molar-refractivity contribution >= 4 is 0 Å². The molecule has 0 saturated carbocycles. The van der Waals surface area contributed by atoms with Crippen LogP contribution >= 0.6 is 0 Å². The van der Waals surface area contributed by atoms with E-state index in [1.807, 2.05) is 0 Å². The van der Waals surface area contributed by atoms with Gasteiger partial charge in [-0.25, -0.2) is 0 Å². The highest BCUT2D eigenvalue weighted by Gasteiger charge is 2.77. The third-order valence-corrected chi connectivity index (χ3v) is 20.1. The molecule has 0 aromatic rings. The Morgan fingerprint density at radius 2 is 0.580 bits per heavy atom. The zero-order chi connectivity index (χ0) is 54.2. The summed E-state index contributed by atoms with van der Waals surface area (Å²) in [6, 6.07) is 0. The largest absolute Gasteiger partial charge is 0.387 e. The van der Waals surface area contributed by atoms with Crippen molar-refractivity contribution in [2.24, 2.45) is 5.92 Å². The van der Waals surface area contributed by atoms with Gasteiger partial charge in [-0.15, -0.1) is 0 Å². The first-order valence-corrected chi connectivity index (χ1v) is 23.8. The molecule has 0 radical (unpaired) electrons. The van der Waals surface area contributed by atoms with E-state index in [-0.39, 0.29) is 33.0 Å². The van der Waals surface area contributed by atoms with E-state index >= 15 is 0 Å². The summed E-state index contributed by atoms with van der Waals surface area (Å²) in [6.07, 6.45) is -1.38. The Kier molecular flexibility index (Phi) is 15.3. The van der Waals surface area contributed by atoms with Gasteiger partial charge in [0.05, 0.1) is 64.1 Å². The van der Waals surface area contributed by atoms with Crippen LogP contribution in [0.25, 0.3) is 0 Å². The lowest BCUT2D eigenvalue weighted by molar-refractivity contribution is -0.412. The fraction of sp³-hybridized carbons (Fsp3) is 1.00. The standard InChI is InChI=1S/C49H92O20/c1-30-39(9,50)32(2,67-33(3,40(30,10)51)26-64-28-37(7)45(15,56)48(18,59)43(13,54)35(5,68-37)23-61-20)25-63-22-31-41(11,52)47(17,58)42(12,53)34(4,66-31)27-65-29-38(8)46(16,57)49(19,60)44(14,55)36(6,69-38)24-62-21/h30-31,50-60H,22-29H2,1-21H3. The van der Waals surface area contributed by atoms with E-state index in [9.17, 15) is 56.2 Å². The molecule has 4 heterocycles. The molecule has 0 spiro atoms. The minimum atomic E-state index is -2.31. The van der Waals surface area contributed by atoms with Gasteiger partial charge < -0.3 is 98.8 Å². The van der Waals surface area contributed by atoms with Crippen LogP contribution in [0.5, 0.6) is 0 Å². The zero-order valence-corrected chi connectivity index (χ0v) is 45.4. The van der Waals surface area contributed by atoms with Crippen molar-refractivity contribution < 1.29 is 98.8 Å². The molecule has 4 fully saturated rings. The zero-order valence-electron chi connectivity index (χ0n) is 45.4. The molecular weight excluding hydrogens is 909 g/mol. The van der Waals surface area contributed by atoms with Crippen LogP contribution in [0.2, 0.25) is 0 Å². The summed E-state index contributed by atoms with van der Waals surface area (Å²) in [6.45, 7) is 24.4. The number of ether oxygens (including phenoxy) is 9. The maximum atomic E-state index is 12.2. The Hall–Kier alpha value is -0.800. The second-order valence-electron chi connectivity index (χ2n) is 24.6. The van der Waals surface area contributed by atoms with Crippen LogP contribution < -0.4 is 0 Å². The third-order valence-electron chi connectivity index (χ3n) is 20.1. The van der Waals surface area contributed by atoms with E-state index in [0.29, 0.717) is 0 Å². The summed E-state index contributed by atoms with van der Waals surface area (Å²) in [5.41, 5.74) is -34.5. The van der Waals surface area contributed by atoms with Gasteiger partial charge in [-0.3, -0.25) is 0 Å². The first kappa shape index (κ1) is 60.8. The maximum absolute atomic E-state index is 12.2. The Morgan fingerprint density at radius 1 is 0.319 bits per heavy atom. The Labute approximate surface area is 409 Å². The first-order chi connectivity index (χ1) is 30.4. The van der Waals surface area contributed by atoms with E-state index in [1.165, 1.54) is 118 Å². The summed E-state index contributed by atoms with van der Waals surface area (Å²) < 4.78 is 55.4. The number of hydrogen-bond acceptors (Lipinski definition) is 20. The van der Waals surface area contributed by atoms with Gasteiger partial charge in [-0.2, -0.15) is 0 Å². The minimum Gasteiger partial charge on any atom is -0.387 e. The quantitative estimate of drug-likeness (QED) is 0.0972. The van der Waals surface area contributed by atoms with Crippen LogP contribution in [-0.2, 0) is 42.6 Å². The number of aliphatic hydroxyl groups is 11. The van der Waals surface area contributed by atoms with Gasteiger partial charge in [0.2, 0.25) is 0 Å². The molecule has 20 nitrogen and oxygen atoms in total. The van der Waals surface area contributed by atoms with Crippen LogP contribution in [0.15, 0.2) is 0 Å². The van der Waals surface area contributed by atoms with Crippen LogP contribution in [0.4, 0.5) is 0 Å². The molecule has 4 aliphatic rings. The van der Waals surface area contributed by atoms with Crippen LogP contribution in [0.1, 0.15) is 132 Å². The molecule has 0 aliphatic carbocycles. The topological polar surface area (TPSA) is 306 Å². The molecule has 69 heavy (non-hydrogen) atoms. The van der Waals surface area contributed by atoms with Gasteiger partial charge in [0.1, 0.15) is 95.7 Å². The van der Waals surface area contributed by atoms with E-state index in [2.05, 4.69) is 0 Å². The van der Waals surface area contributed by atoms with Gasteiger partial charge in [0.15, 0.2) is 0 Å². The average Bonchev–Trinajstić information content (AvgIpc) is 3.17. The van der Waals surface area contributed by atoms with Crippen molar-refractivity contribution in [3.63, 3.8) is 0 Å². The molecule has 4 aliphatic heterocycles. The fourth-order valence-electron chi connectivity index (χ4n) is 11.6. The highest BCUT2D eigenvalue weighted by Crippen LogP contribution is 2.57. The lowest BCUT2D eigenvalue weighted by Crippen LogP contribution is -2.85. The lowest BCUT2D eigenvalue weighted by atomic mass is 9.58. The summed E-state index contributed by atoms with van der Waals surface area (Å²) in [5, 5.41) is 131. The molecule has 0 bridgehead atoms. The van der Waals surface area contributed by atoms with Crippen molar-refractivity contribution in [1.82, 2.24) is 0 Å². The van der Waals surface area contributed by atoms with Gasteiger partial charge in [-0.1, -0.05) is 6.92 Å². The van der Waals surface area contributed by atoms with Crippen molar-refractivity contribution in [2.75, 3.05) is 67.1 Å². The predicted octanol–water partition coefficient (Wildman–Crippen LogP) is 0.0264. The van der Waals surface area contributed by atoms with Crippen LogP contribution in [0, 0.1) is 5.92 Å². The SMILES string of the molecule is COCC1(C)OC(C)(COCC2(C)OC(C)(COCC3OC(C)(COCC4(C)OC(C)(COC)C(C)(O)C(C)(O)C4(C)O)C(C)(O)C(C)(O)C3(C)O)C(C)(O)C(C)C2(C)O)C(C)(O)C(C)(O)C1(C)O. The van der Waals surface area contributed by atoms with Crippen molar-refractivity contribution in [1.29, 1.82) is 0 Å². The molecule has 20 heteroatoms. The third kappa shape index (κ3) is 8.07. The molecule has 408 valence electrons. The lowest BCUT2D eigenvalue weighted by Gasteiger charge is -2.66. The average molecular weight is 1000 g/mol. The second-order valence-corrected chi connectivity index (χ2v) is 24.6. The summed E-state index contributed by atoms with van der Waals surface area (Å²) in [5.74, 6) is -0.922. The molecular formula is C49H92O20. The van der Waals surface area contributed by atoms with Crippen LogP contribution in [0.3, 0.4) is 0 Å². The number of rotatable bonds is 16. The summed E-state index contributed by atoms with van der Waals surface area (Å²) in [4.78, 5) is 0. The van der Waals surface area contributed by atoms with Crippen LogP contribution in [-0.4, -0.2) is 230 Å². The van der Waals surface area contributed by atoms with Gasteiger partial charge in [-0.05, 0) is 125 Å². The van der Waals surface area contributed by atoms with Crippen molar-refractivity contribution in [3.8, 4) is 0 Å². The van der Waals surface area contributed by atoms with Crippen molar-refractivity contribution in [3.05, 3.63) is 0 Å². The Bertz CT molecular complexity index is 1860. The summed E-state index contributed by atoms with van der Waals surface area (Å²) in [7, 11) is 2.81. The van der Waals surface area contributed by atoms with Gasteiger partial charge in [0.25, 0.3) is 0 Å². The molecule has 0 aromatic heterocycles. The van der Waals surface area contributed by atoms with Gasteiger partial charge in [0, 0.05) is 20.1 Å². The highest BCUT2D eigenvalue weighted by atomic mass is 16.6. The number of hydrogen-bond donors (Lipinski definition) is 11. The second kappa shape index (κ2) is 17.4. The Morgan fingerprint density at radius 3 is 0.913 bits per heavy atom. The molecule has 0 aromatic carbocycles. The van der Waals surface area contributed by atoms with Gasteiger partial charge >= 0.3 is 0 Å². The van der Waals surface area contributed by atoms with E-state index in [4.69, 9.17) is 42.6 Å². The molecule has 20 unspecified atom stereocenters. The normalized spacial score (nSPS) is 58.3. The molecule has 11 N–H and O–H groups in total.